The zero-order valence-corrected chi connectivity index (χ0v) is 14.3. The minimum atomic E-state index is 0.411. The lowest BCUT2D eigenvalue weighted by molar-refractivity contribution is 0.363. The lowest BCUT2D eigenvalue weighted by Crippen LogP contribution is -2.52. The summed E-state index contributed by atoms with van der Waals surface area (Å²) in [6.45, 7) is 9.05. The Morgan fingerprint density at radius 2 is 2.22 bits per heavy atom. The summed E-state index contributed by atoms with van der Waals surface area (Å²) in [5.74, 6) is 2.11. The lowest BCUT2D eigenvalue weighted by atomic mass is 10.3. The van der Waals surface area contributed by atoms with Gasteiger partial charge in [0, 0.05) is 32.7 Å². The SMILES string of the molecule is CCNC(=NCc1nc(C)no1)N1CCN(c2cccs2)CC1. The molecule has 1 N–H and O–H groups in total. The quantitative estimate of drug-likeness (QED) is 0.678. The highest BCUT2D eigenvalue weighted by Gasteiger charge is 2.20. The lowest BCUT2D eigenvalue weighted by Gasteiger charge is -2.37. The topological polar surface area (TPSA) is 69.8 Å². The van der Waals surface area contributed by atoms with Crippen molar-refractivity contribution in [3.05, 3.63) is 29.2 Å². The predicted octanol–water partition coefficient (Wildman–Crippen LogP) is 1.73. The summed E-state index contributed by atoms with van der Waals surface area (Å²) in [4.78, 5) is 13.5. The van der Waals surface area contributed by atoms with Gasteiger partial charge in [-0.25, -0.2) is 4.99 Å². The van der Waals surface area contributed by atoms with Gasteiger partial charge in [-0.3, -0.25) is 0 Å². The van der Waals surface area contributed by atoms with Gasteiger partial charge in [0.25, 0.3) is 0 Å². The van der Waals surface area contributed by atoms with Gasteiger partial charge in [0.1, 0.15) is 6.54 Å². The van der Waals surface area contributed by atoms with E-state index in [1.807, 2.05) is 6.92 Å². The van der Waals surface area contributed by atoms with Crippen molar-refractivity contribution in [1.82, 2.24) is 20.4 Å². The van der Waals surface area contributed by atoms with Crippen LogP contribution in [0.15, 0.2) is 27.0 Å². The van der Waals surface area contributed by atoms with Crippen LogP contribution in [-0.2, 0) is 6.54 Å². The number of anilines is 1. The molecule has 3 heterocycles. The van der Waals surface area contributed by atoms with Gasteiger partial charge in [0.2, 0.25) is 5.89 Å². The summed E-state index contributed by atoms with van der Waals surface area (Å²) in [7, 11) is 0. The molecular formula is C15H22N6OS. The zero-order valence-electron chi connectivity index (χ0n) is 13.5. The number of aromatic nitrogens is 2. The van der Waals surface area contributed by atoms with Gasteiger partial charge < -0.3 is 19.6 Å². The van der Waals surface area contributed by atoms with Crippen LogP contribution in [0.2, 0.25) is 0 Å². The highest BCUT2D eigenvalue weighted by atomic mass is 32.1. The predicted molar refractivity (Wildman–Crippen MR) is 92.0 cm³/mol. The molecule has 1 aliphatic heterocycles. The molecule has 1 saturated heterocycles. The third-order valence-corrected chi connectivity index (χ3v) is 4.59. The standard InChI is InChI=1S/C15H22N6OS/c1-3-16-15(17-11-13-18-12(2)19-22-13)21-8-6-20(7-9-21)14-5-4-10-23-14/h4-5,10H,3,6-9,11H2,1-2H3,(H,16,17). The highest BCUT2D eigenvalue weighted by molar-refractivity contribution is 7.14. The molecule has 124 valence electrons. The third-order valence-electron chi connectivity index (χ3n) is 3.67. The summed E-state index contributed by atoms with van der Waals surface area (Å²) in [6.07, 6.45) is 0. The minimum absolute atomic E-state index is 0.411. The first-order chi connectivity index (χ1) is 11.3. The van der Waals surface area contributed by atoms with Crippen molar-refractivity contribution in [2.24, 2.45) is 4.99 Å². The summed E-state index contributed by atoms with van der Waals surface area (Å²) >= 11 is 1.79. The van der Waals surface area contributed by atoms with E-state index in [0.717, 1.165) is 38.7 Å². The second-order valence-corrected chi connectivity index (χ2v) is 6.26. The largest absolute Gasteiger partial charge is 0.360 e. The Morgan fingerprint density at radius 1 is 1.39 bits per heavy atom. The average Bonchev–Trinajstić information content (AvgIpc) is 3.23. The molecule has 0 bridgehead atoms. The number of hydrogen-bond acceptors (Lipinski definition) is 6. The van der Waals surface area contributed by atoms with Gasteiger partial charge in [-0.15, -0.1) is 11.3 Å². The first-order valence-electron chi connectivity index (χ1n) is 7.87. The van der Waals surface area contributed by atoms with Gasteiger partial charge in [0.15, 0.2) is 11.8 Å². The van der Waals surface area contributed by atoms with Crippen LogP contribution < -0.4 is 10.2 Å². The summed E-state index contributed by atoms with van der Waals surface area (Å²) in [5.41, 5.74) is 0. The van der Waals surface area contributed by atoms with Gasteiger partial charge in [0.05, 0.1) is 5.00 Å². The molecule has 0 aromatic carbocycles. The number of rotatable bonds is 4. The van der Waals surface area contributed by atoms with E-state index in [0.29, 0.717) is 18.3 Å². The summed E-state index contributed by atoms with van der Waals surface area (Å²) in [5, 5.41) is 10.6. The Balaban J connectivity index is 1.60. The molecule has 0 spiro atoms. The smallest absolute Gasteiger partial charge is 0.248 e. The van der Waals surface area contributed by atoms with Gasteiger partial charge in [-0.1, -0.05) is 5.16 Å². The molecule has 8 heteroatoms. The van der Waals surface area contributed by atoms with E-state index in [4.69, 9.17) is 4.52 Å². The van der Waals surface area contributed by atoms with E-state index < -0.39 is 0 Å². The van der Waals surface area contributed by atoms with Crippen LogP contribution >= 0.6 is 11.3 Å². The Labute approximate surface area is 140 Å². The van der Waals surface area contributed by atoms with E-state index in [-0.39, 0.29) is 0 Å². The molecule has 1 fully saturated rings. The van der Waals surface area contributed by atoms with Crippen molar-refractivity contribution >= 4 is 22.3 Å². The van der Waals surface area contributed by atoms with E-state index in [2.05, 4.69) is 54.7 Å². The van der Waals surface area contributed by atoms with Crippen molar-refractivity contribution in [1.29, 1.82) is 0 Å². The van der Waals surface area contributed by atoms with Gasteiger partial charge >= 0.3 is 0 Å². The van der Waals surface area contributed by atoms with Crippen LogP contribution in [-0.4, -0.2) is 53.7 Å². The molecule has 23 heavy (non-hydrogen) atoms. The molecule has 0 amide bonds. The summed E-state index contributed by atoms with van der Waals surface area (Å²) in [6, 6.07) is 4.28. The fourth-order valence-corrected chi connectivity index (χ4v) is 3.35. The first kappa shape index (κ1) is 15.8. The third kappa shape index (κ3) is 4.01. The molecule has 0 radical (unpaired) electrons. The van der Waals surface area contributed by atoms with Crippen molar-refractivity contribution in [3.63, 3.8) is 0 Å². The molecular weight excluding hydrogens is 312 g/mol. The fraction of sp³-hybridized carbons (Fsp3) is 0.533. The number of nitrogens with one attached hydrogen (secondary N) is 1. The Kier molecular flexibility index (Phi) is 5.12. The van der Waals surface area contributed by atoms with E-state index >= 15 is 0 Å². The normalized spacial score (nSPS) is 16.0. The molecule has 0 atom stereocenters. The highest BCUT2D eigenvalue weighted by Crippen LogP contribution is 2.22. The molecule has 7 nitrogen and oxygen atoms in total. The number of nitrogens with zero attached hydrogens (tertiary/aromatic N) is 5. The maximum atomic E-state index is 5.12. The molecule has 0 aliphatic carbocycles. The number of guanidine groups is 1. The molecule has 0 unspecified atom stereocenters. The van der Waals surface area contributed by atoms with Gasteiger partial charge in [-0.05, 0) is 31.4 Å². The molecule has 1 aliphatic rings. The average molecular weight is 334 g/mol. The van der Waals surface area contributed by atoms with Crippen LogP contribution in [0, 0.1) is 6.92 Å². The Bertz CT molecular complexity index is 630. The van der Waals surface area contributed by atoms with E-state index in [1.54, 1.807) is 11.3 Å². The van der Waals surface area contributed by atoms with E-state index in [1.165, 1.54) is 5.00 Å². The number of thiophene rings is 1. The second-order valence-electron chi connectivity index (χ2n) is 5.33. The van der Waals surface area contributed by atoms with Crippen LogP contribution in [0.1, 0.15) is 18.6 Å². The fourth-order valence-electron chi connectivity index (χ4n) is 2.56. The maximum Gasteiger partial charge on any atom is 0.248 e. The first-order valence-corrected chi connectivity index (χ1v) is 8.75. The Hall–Kier alpha value is -2.09. The molecule has 0 saturated carbocycles. The van der Waals surface area contributed by atoms with Crippen molar-refractivity contribution in [3.8, 4) is 0 Å². The number of piperazine rings is 1. The van der Waals surface area contributed by atoms with Crippen LogP contribution in [0.5, 0.6) is 0 Å². The minimum Gasteiger partial charge on any atom is -0.360 e. The molecule has 2 aromatic heterocycles. The van der Waals surface area contributed by atoms with Gasteiger partial charge in [-0.2, -0.15) is 4.98 Å². The van der Waals surface area contributed by atoms with Crippen molar-refractivity contribution < 1.29 is 4.52 Å². The Morgan fingerprint density at radius 3 is 2.83 bits per heavy atom. The van der Waals surface area contributed by atoms with Crippen LogP contribution in [0.3, 0.4) is 0 Å². The number of hydrogen-bond donors (Lipinski definition) is 1. The van der Waals surface area contributed by atoms with Crippen molar-refractivity contribution in [2.45, 2.75) is 20.4 Å². The number of aliphatic imine (C=N–C) groups is 1. The van der Waals surface area contributed by atoms with Crippen LogP contribution in [0.25, 0.3) is 0 Å². The molecule has 3 rings (SSSR count). The molecule has 2 aromatic rings. The zero-order chi connectivity index (χ0) is 16.1. The second kappa shape index (κ2) is 7.45. The van der Waals surface area contributed by atoms with Crippen LogP contribution in [0.4, 0.5) is 5.00 Å². The maximum absolute atomic E-state index is 5.12. The monoisotopic (exact) mass is 334 g/mol. The van der Waals surface area contributed by atoms with E-state index in [9.17, 15) is 0 Å². The number of aryl methyl sites for hydroxylation is 1. The van der Waals surface area contributed by atoms with Crippen molar-refractivity contribution in [2.75, 3.05) is 37.6 Å². The summed E-state index contributed by atoms with van der Waals surface area (Å²) < 4.78 is 5.12.